The van der Waals surface area contributed by atoms with Gasteiger partial charge in [0.2, 0.25) is 11.8 Å². The summed E-state index contributed by atoms with van der Waals surface area (Å²) in [7, 11) is 1.27. The maximum absolute atomic E-state index is 13.2. The molecule has 0 saturated heterocycles. The van der Waals surface area contributed by atoms with Gasteiger partial charge in [-0.3, -0.25) is 9.59 Å². The van der Waals surface area contributed by atoms with Crippen molar-refractivity contribution in [2.24, 2.45) is 0 Å². The third-order valence-corrected chi connectivity index (χ3v) is 4.37. The van der Waals surface area contributed by atoms with Crippen molar-refractivity contribution in [2.75, 3.05) is 7.11 Å². The number of rotatable bonds is 7. The Balaban J connectivity index is 1.79. The van der Waals surface area contributed by atoms with Gasteiger partial charge in [-0.2, -0.15) is 0 Å². The molecule has 2 aromatic carbocycles. The Morgan fingerprint density at radius 1 is 1.14 bits per heavy atom. The van der Waals surface area contributed by atoms with Gasteiger partial charge in [0.1, 0.15) is 11.3 Å². The van der Waals surface area contributed by atoms with Gasteiger partial charge in [-0.1, -0.05) is 23.7 Å². The molecule has 0 saturated carbocycles. The topological polar surface area (TPSA) is 72.6 Å². The van der Waals surface area contributed by atoms with Crippen LogP contribution in [-0.2, 0) is 27.4 Å². The molecule has 3 aromatic rings. The van der Waals surface area contributed by atoms with Crippen molar-refractivity contribution in [3.8, 4) is 0 Å². The summed E-state index contributed by atoms with van der Waals surface area (Å²) >= 11 is 5.97. The Labute approximate surface area is 165 Å². The van der Waals surface area contributed by atoms with E-state index in [1.54, 1.807) is 30.3 Å². The number of hydrogen-bond donors (Lipinski definition) is 0. The predicted octanol–water partition coefficient (Wildman–Crippen LogP) is 4.10. The molecule has 28 heavy (non-hydrogen) atoms. The van der Waals surface area contributed by atoms with E-state index >= 15 is 0 Å². The molecular weight excluding hydrogens is 387 g/mol. The molecule has 6 nitrogen and oxygen atoms in total. The third kappa shape index (κ3) is 5.07. The number of nitrogens with zero attached hydrogens (tertiary/aromatic N) is 2. The van der Waals surface area contributed by atoms with Gasteiger partial charge in [-0.25, -0.2) is 9.37 Å². The number of amides is 1. The van der Waals surface area contributed by atoms with E-state index in [1.807, 2.05) is 0 Å². The molecule has 0 N–H and O–H groups in total. The molecule has 0 spiro atoms. The zero-order valence-corrected chi connectivity index (χ0v) is 15.9. The van der Waals surface area contributed by atoms with E-state index in [2.05, 4.69) is 9.72 Å². The van der Waals surface area contributed by atoms with Crippen LogP contribution < -0.4 is 0 Å². The van der Waals surface area contributed by atoms with Crippen molar-refractivity contribution in [1.29, 1.82) is 0 Å². The van der Waals surface area contributed by atoms with Crippen LogP contribution in [-0.4, -0.2) is 28.9 Å². The van der Waals surface area contributed by atoms with Gasteiger partial charge in [0.25, 0.3) is 0 Å². The van der Waals surface area contributed by atoms with Crippen LogP contribution in [0.25, 0.3) is 11.1 Å². The quantitative estimate of drug-likeness (QED) is 0.554. The lowest BCUT2D eigenvalue weighted by molar-refractivity contribution is -0.144. The summed E-state index contributed by atoms with van der Waals surface area (Å²) in [5.74, 6) is -0.754. The first kappa shape index (κ1) is 19.8. The monoisotopic (exact) mass is 404 g/mol. The van der Waals surface area contributed by atoms with E-state index in [0.29, 0.717) is 22.0 Å². The summed E-state index contributed by atoms with van der Waals surface area (Å²) in [6.07, 6.45) is -0.0433. The summed E-state index contributed by atoms with van der Waals surface area (Å²) < 4.78 is 23.4. The Bertz CT molecular complexity index is 988. The van der Waals surface area contributed by atoms with Gasteiger partial charge >= 0.3 is 5.97 Å². The first-order valence-corrected chi connectivity index (χ1v) is 8.96. The van der Waals surface area contributed by atoms with Crippen molar-refractivity contribution in [3.63, 3.8) is 0 Å². The highest BCUT2D eigenvalue weighted by molar-refractivity contribution is 6.31. The maximum atomic E-state index is 13.2. The minimum absolute atomic E-state index is 0.0140. The van der Waals surface area contributed by atoms with Crippen LogP contribution in [0.3, 0.4) is 0 Å². The largest absolute Gasteiger partial charge is 0.469 e. The minimum Gasteiger partial charge on any atom is -0.469 e. The van der Waals surface area contributed by atoms with E-state index in [-0.39, 0.29) is 37.7 Å². The summed E-state index contributed by atoms with van der Waals surface area (Å²) in [6.45, 7) is 0.323. The lowest BCUT2D eigenvalue weighted by Crippen LogP contribution is -2.30. The highest BCUT2D eigenvalue weighted by Gasteiger charge is 2.19. The maximum Gasteiger partial charge on any atom is 0.306 e. The molecule has 146 valence electrons. The molecular formula is C20H18ClFN2O4. The number of halogens is 2. The molecule has 0 aliphatic carbocycles. The molecule has 1 aromatic heterocycles. The second-order valence-corrected chi connectivity index (χ2v) is 6.61. The molecule has 0 aliphatic heterocycles. The fourth-order valence-corrected chi connectivity index (χ4v) is 2.86. The fraction of sp³-hybridized carbons (Fsp3) is 0.250. The molecule has 0 bridgehead atoms. The molecule has 0 atom stereocenters. The molecule has 3 rings (SSSR count). The van der Waals surface area contributed by atoms with Crippen LogP contribution in [0.4, 0.5) is 4.39 Å². The first-order chi connectivity index (χ1) is 13.4. The Morgan fingerprint density at radius 3 is 2.61 bits per heavy atom. The SMILES string of the molecule is COC(=O)CCC(=O)N(Cc1ccc(F)cc1)Cc1nc2cc(Cl)ccc2o1. The number of methoxy groups -OCH3 is 1. The molecule has 0 aliphatic rings. The van der Waals surface area contributed by atoms with Crippen LogP contribution in [0.1, 0.15) is 24.3 Å². The number of ether oxygens (including phenoxy) is 1. The van der Waals surface area contributed by atoms with Gasteiger partial charge in [0.15, 0.2) is 5.58 Å². The van der Waals surface area contributed by atoms with Crippen LogP contribution in [0.2, 0.25) is 5.02 Å². The molecule has 0 radical (unpaired) electrons. The van der Waals surface area contributed by atoms with Gasteiger partial charge in [-0.05, 0) is 35.9 Å². The van der Waals surface area contributed by atoms with Gasteiger partial charge in [0.05, 0.1) is 20.1 Å². The number of oxazole rings is 1. The number of hydrogen-bond acceptors (Lipinski definition) is 5. The van der Waals surface area contributed by atoms with Crippen LogP contribution in [0, 0.1) is 5.82 Å². The van der Waals surface area contributed by atoms with Crippen molar-refractivity contribution in [1.82, 2.24) is 9.88 Å². The van der Waals surface area contributed by atoms with E-state index in [9.17, 15) is 14.0 Å². The van der Waals surface area contributed by atoms with E-state index < -0.39 is 5.97 Å². The zero-order valence-electron chi connectivity index (χ0n) is 15.2. The summed E-state index contributed by atoms with van der Waals surface area (Å²) in [5.41, 5.74) is 1.89. The van der Waals surface area contributed by atoms with E-state index in [4.69, 9.17) is 16.0 Å². The standard InChI is InChI=1S/C20H18ClFN2O4/c1-27-20(26)9-8-19(25)24(11-13-2-5-15(22)6-3-13)12-18-23-16-10-14(21)4-7-17(16)28-18/h2-7,10H,8-9,11-12H2,1H3. The fourth-order valence-electron chi connectivity index (χ4n) is 2.69. The first-order valence-electron chi connectivity index (χ1n) is 8.58. The van der Waals surface area contributed by atoms with Crippen LogP contribution in [0.5, 0.6) is 0 Å². The minimum atomic E-state index is -0.466. The molecule has 1 heterocycles. The van der Waals surface area contributed by atoms with Crippen molar-refractivity contribution >= 4 is 34.6 Å². The third-order valence-electron chi connectivity index (χ3n) is 4.13. The Hall–Kier alpha value is -2.93. The number of fused-ring (bicyclic) bond motifs is 1. The van der Waals surface area contributed by atoms with Gasteiger partial charge < -0.3 is 14.1 Å². The summed E-state index contributed by atoms with van der Waals surface area (Å²) in [4.78, 5) is 29.9. The normalized spacial score (nSPS) is 10.8. The van der Waals surface area contributed by atoms with Crippen molar-refractivity contribution in [3.05, 3.63) is 64.8 Å². The van der Waals surface area contributed by atoms with Crippen LogP contribution in [0.15, 0.2) is 46.9 Å². The number of aromatic nitrogens is 1. The number of benzene rings is 2. The second kappa shape index (κ2) is 8.84. The molecule has 0 fully saturated rings. The summed E-state index contributed by atoms with van der Waals surface area (Å²) in [6, 6.07) is 10.9. The lowest BCUT2D eigenvalue weighted by Gasteiger charge is -2.21. The smallest absolute Gasteiger partial charge is 0.306 e. The van der Waals surface area contributed by atoms with Gasteiger partial charge in [-0.15, -0.1) is 0 Å². The zero-order chi connectivity index (χ0) is 20.1. The molecule has 0 unspecified atom stereocenters. The lowest BCUT2D eigenvalue weighted by atomic mass is 10.2. The average molecular weight is 405 g/mol. The Morgan fingerprint density at radius 2 is 1.89 bits per heavy atom. The van der Waals surface area contributed by atoms with E-state index in [0.717, 1.165) is 5.56 Å². The second-order valence-electron chi connectivity index (χ2n) is 6.17. The van der Waals surface area contributed by atoms with Crippen LogP contribution >= 0.6 is 11.6 Å². The summed E-state index contributed by atoms with van der Waals surface area (Å²) in [5, 5.41) is 0.532. The van der Waals surface area contributed by atoms with Crippen molar-refractivity contribution < 1.29 is 23.1 Å². The average Bonchev–Trinajstić information content (AvgIpc) is 3.08. The number of carbonyl (C=O) groups excluding carboxylic acids is 2. The number of esters is 1. The van der Waals surface area contributed by atoms with Gasteiger partial charge in [0, 0.05) is 18.0 Å². The highest BCUT2D eigenvalue weighted by Crippen LogP contribution is 2.21. The number of carbonyl (C=O) groups is 2. The molecule has 8 heteroatoms. The highest BCUT2D eigenvalue weighted by atomic mass is 35.5. The Kier molecular flexibility index (Phi) is 6.26. The van der Waals surface area contributed by atoms with Crippen molar-refractivity contribution in [2.45, 2.75) is 25.9 Å². The van der Waals surface area contributed by atoms with E-state index in [1.165, 1.54) is 24.1 Å². The predicted molar refractivity (Wildman–Crippen MR) is 101 cm³/mol. The molecule has 1 amide bonds.